The van der Waals surface area contributed by atoms with Crippen LogP contribution in [-0.4, -0.2) is 65.2 Å². The highest BCUT2D eigenvalue weighted by Crippen LogP contribution is 2.30. The standard InChI is InChI=1S/C22H26FN5O6S/c1-13(35(33,34)26(2)3)21(31)27(4)16-6-5-11-28-19(16)25-17(18(29)22(28)32)20(30)24-12-14-7-9-15(23)10-8-14/h7-10,16,29H,1,5-6,11-12H2,2-4H3,(H,24,30). The number of likely N-dealkylation sites (N-methyl/N-ethyl adjacent to an activating group) is 1. The molecule has 1 aromatic heterocycles. The quantitative estimate of drug-likeness (QED) is 0.526. The number of nitrogens with one attached hydrogen (secondary N) is 1. The molecule has 11 nitrogen and oxygen atoms in total. The molecule has 188 valence electrons. The summed E-state index contributed by atoms with van der Waals surface area (Å²) in [7, 11) is -0.189. The third-order valence-electron chi connectivity index (χ3n) is 5.73. The van der Waals surface area contributed by atoms with Gasteiger partial charge < -0.3 is 15.3 Å². The van der Waals surface area contributed by atoms with Crippen LogP contribution in [0.4, 0.5) is 4.39 Å². The second kappa shape index (κ2) is 9.96. The summed E-state index contributed by atoms with van der Waals surface area (Å²) in [5.74, 6) is -2.98. The molecule has 2 N–H and O–H groups in total. The summed E-state index contributed by atoms with van der Waals surface area (Å²) in [4.78, 5) is 43.1. The van der Waals surface area contributed by atoms with Crippen molar-refractivity contribution in [2.45, 2.75) is 32.0 Å². The number of amides is 2. The fourth-order valence-electron chi connectivity index (χ4n) is 3.67. The topological polar surface area (TPSA) is 142 Å². The molecule has 1 aliphatic heterocycles. The van der Waals surface area contributed by atoms with E-state index >= 15 is 0 Å². The zero-order valence-electron chi connectivity index (χ0n) is 19.5. The smallest absolute Gasteiger partial charge is 0.296 e. The van der Waals surface area contributed by atoms with E-state index in [1.54, 1.807) is 0 Å². The zero-order valence-corrected chi connectivity index (χ0v) is 20.3. The number of hydrogen-bond donors (Lipinski definition) is 2. The van der Waals surface area contributed by atoms with Crippen molar-refractivity contribution < 1.29 is 27.5 Å². The second-order valence-electron chi connectivity index (χ2n) is 8.22. The molecule has 1 aliphatic rings. The normalized spacial score (nSPS) is 15.4. The average molecular weight is 508 g/mol. The zero-order chi connectivity index (χ0) is 26.1. The summed E-state index contributed by atoms with van der Waals surface area (Å²) in [6.45, 7) is 3.60. The molecule has 2 aromatic rings. The van der Waals surface area contributed by atoms with Crippen LogP contribution in [-0.2, 0) is 27.9 Å². The van der Waals surface area contributed by atoms with Crippen molar-refractivity contribution in [1.29, 1.82) is 0 Å². The molecule has 2 heterocycles. The van der Waals surface area contributed by atoms with Crippen LogP contribution < -0.4 is 10.9 Å². The highest BCUT2D eigenvalue weighted by atomic mass is 32.2. The Kier molecular flexibility index (Phi) is 7.41. The molecule has 3 rings (SSSR count). The Hall–Kier alpha value is -3.58. The molecular formula is C22H26FN5O6S. The van der Waals surface area contributed by atoms with Crippen LogP contribution in [0.3, 0.4) is 0 Å². The Bertz CT molecular complexity index is 1340. The van der Waals surface area contributed by atoms with Crippen LogP contribution in [0.2, 0.25) is 0 Å². The van der Waals surface area contributed by atoms with E-state index in [0.717, 1.165) is 13.8 Å². The van der Waals surface area contributed by atoms with Gasteiger partial charge in [0.05, 0.1) is 6.04 Å². The van der Waals surface area contributed by atoms with Crippen molar-refractivity contribution >= 4 is 21.8 Å². The minimum absolute atomic E-state index is 0.0112. The summed E-state index contributed by atoms with van der Waals surface area (Å²) in [5, 5.41) is 12.9. The van der Waals surface area contributed by atoms with E-state index in [0.29, 0.717) is 18.4 Å². The molecule has 1 unspecified atom stereocenters. The first-order chi connectivity index (χ1) is 16.4. The van der Waals surface area contributed by atoms with Gasteiger partial charge in [-0.2, -0.15) is 0 Å². The number of nitrogens with zero attached hydrogens (tertiary/aromatic N) is 4. The summed E-state index contributed by atoms with van der Waals surface area (Å²) >= 11 is 0. The lowest BCUT2D eigenvalue weighted by Crippen LogP contribution is -2.42. The Labute approximate surface area is 201 Å². The third-order valence-corrected chi connectivity index (χ3v) is 7.49. The number of aromatic hydroxyl groups is 1. The molecule has 0 radical (unpaired) electrons. The minimum atomic E-state index is -4.08. The minimum Gasteiger partial charge on any atom is -0.501 e. The Morgan fingerprint density at radius 1 is 1.26 bits per heavy atom. The maximum absolute atomic E-state index is 13.1. The summed E-state index contributed by atoms with van der Waals surface area (Å²) in [6, 6.07) is 4.54. The molecule has 1 atom stereocenters. The van der Waals surface area contributed by atoms with E-state index in [1.807, 2.05) is 0 Å². The molecule has 2 amide bonds. The first-order valence-corrected chi connectivity index (χ1v) is 12.0. The fourth-order valence-corrected chi connectivity index (χ4v) is 4.47. The van der Waals surface area contributed by atoms with E-state index in [-0.39, 0.29) is 18.9 Å². The van der Waals surface area contributed by atoms with Crippen LogP contribution in [0.25, 0.3) is 0 Å². The molecule has 0 saturated heterocycles. The lowest BCUT2D eigenvalue weighted by molar-refractivity contribution is -0.127. The van der Waals surface area contributed by atoms with Crippen LogP contribution in [0, 0.1) is 5.82 Å². The van der Waals surface area contributed by atoms with E-state index in [9.17, 15) is 32.3 Å². The molecule has 0 fully saturated rings. The fraction of sp³-hybridized carbons (Fsp3) is 0.364. The van der Waals surface area contributed by atoms with Crippen LogP contribution in [0.1, 0.15) is 40.8 Å². The Balaban J connectivity index is 1.92. The van der Waals surface area contributed by atoms with Gasteiger partial charge in [-0.3, -0.25) is 19.0 Å². The van der Waals surface area contributed by atoms with Gasteiger partial charge in [-0.15, -0.1) is 0 Å². The van der Waals surface area contributed by atoms with Crippen molar-refractivity contribution in [2.75, 3.05) is 21.1 Å². The third kappa shape index (κ3) is 5.10. The SMILES string of the molecule is C=C(C(=O)N(C)C1CCCn2c1nc(C(=O)NCc1ccc(F)cc1)c(O)c2=O)S(=O)(=O)N(C)C. The van der Waals surface area contributed by atoms with Gasteiger partial charge in [0.1, 0.15) is 16.5 Å². The van der Waals surface area contributed by atoms with Crippen molar-refractivity contribution in [3.63, 3.8) is 0 Å². The van der Waals surface area contributed by atoms with Crippen molar-refractivity contribution in [3.8, 4) is 5.75 Å². The number of sulfonamides is 1. The first-order valence-electron chi connectivity index (χ1n) is 10.6. The van der Waals surface area contributed by atoms with Gasteiger partial charge in [0.2, 0.25) is 15.8 Å². The average Bonchev–Trinajstić information content (AvgIpc) is 2.83. The van der Waals surface area contributed by atoms with E-state index in [4.69, 9.17) is 0 Å². The molecular weight excluding hydrogens is 481 g/mol. The molecule has 13 heteroatoms. The van der Waals surface area contributed by atoms with Gasteiger partial charge in [-0.25, -0.2) is 22.1 Å². The van der Waals surface area contributed by atoms with Gasteiger partial charge >= 0.3 is 0 Å². The monoisotopic (exact) mass is 507 g/mol. The highest BCUT2D eigenvalue weighted by Gasteiger charge is 2.35. The van der Waals surface area contributed by atoms with Crippen molar-refractivity contribution in [3.05, 3.63) is 69.0 Å². The summed E-state index contributed by atoms with van der Waals surface area (Å²) in [5.41, 5.74) is -0.805. The molecule has 0 aliphatic carbocycles. The number of benzene rings is 1. The van der Waals surface area contributed by atoms with Crippen LogP contribution >= 0.6 is 0 Å². The van der Waals surface area contributed by atoms with Gasteiger partial charge in [0.25, 0.3) is 17.4 Å². The number of hydrogen-bond acceptors (Lipinski definition) is 7. The number of halogens is 1. The van der Waals surface area contributed by atoms with Gasteiger partial charge in [-0.05, 0) is 30.5 Å². The van der Waals surface area contributed by atoms with Crippen molar-refractivity contribution in [1.82, 2.24) is 24.1 Å². The Morgan fingerprint density at radius 3 is 2.49 bits per heavy atom. The van der Waals surface area contributed by atoms with Crippen molar-refractivity contribution in [2.24, 2.45) is 0 Å². The second-order valence-corrected chi connectivity index (χ2v) is 10.4. The lowest BCUT2D eigenvalue weighted by Gasteiger charge is -2.33. The van der Waals surface area contributed by atoms with Gasteiger partial charge in [0.15, 0.2) is 5.69 Å². The van der Waals surface area contributed by atoms with E-state index in [2.05, 4.69) is 16.9 Å². The summed E-state index contributed by atoms with van der Waals surface area (Å²) in [6.07, 6.45) is 0.782. The van der Waals surface area contributed by atoms with Crippen LogP contribution in [0.5, 0.6) is 5.75 Å². The maximum Gasteiger partial charge on any atom is 0.296 e. The summed E-state index contributed by atoms with van der Waals surface area (Å²) < 4.78 is 39.8. The molecule has 0 bridgehead atoms. The molecule has 0 spiro atoms. The largest absolute Gasteiger partial charge is 0.501 e. The Morgan fingerprint density at radius 2 is 1.89 bits per heavy atom. The van der Waals surface area contributed by atoms with Gasteiger partial charge in [-0.1, -0.05) is 18.7 Å². The van der Waals surface area contributed by atoms with Crippen LogP contribution in [0.15, 0.2) is 40.5 Å². The van der Waals surface area contributed by atoms with Gasteiger partial charge in [0, 0.05) is 34.2 Å². The highest BCUT2D eigenvalue weighted by molar-refractivity contribution is 7.93. The number of aromatic nitrogens is 2. The number of carbonyl (C=O) groups is 2. The first kappa shape index (κ1) is 26.0. The number of fused-ring (bicyclic) bond motifs is 1. The molecule has 1 aromatic carbocycles. The molecule has 0 saturated carbocycles. The lowest BCUT2D eigenvalue weighted by atomic mass is 10.0. The predicted molar refractivity (Wildman–Crippen MR) is 124 cm³/mol. The van der Waals surface area contributed by atoms with E-state index < -0.39 is 55.6 Å². The molecule has 35 heavy (non-hydrogen) atoms. The predicted octanol–water partition coefficient (Wildman–Crippen LogP) is 0.716. The maximum atomic E-state index is 13.1. The number of rotatable bonds is 7. The van der Waals surface area contributed by atoms with E-state index in [1.165, 1.54) is 45.4 Å². The number of carbonyl (C=O) groups excluding carboxylic acids is 2.